The topological polar surface area (TPSA) is 136 Å². The monoisotopic (exact) mass is 661 g/mol. The molecule has 1 N–H and O–H groups in total. The second kappa shape index (κ2) is 12.3. The van der Waals surface area contributed by atoms with Crippen molar-refractivity contribution in [3.8, 4) is 0 Å². The smallest absolute Gasteiger partial charge is 0.269 e. The van der Waals surface area contributed by atoms with Crippen molar-refractivity contribution < 1.29 is 26.5 Å². The van der Waals surface area contributed by atoms with Crippen LogP contribution in [0.25, 0.3) is 0 Å². The maximum Gasteiger partial charge on any atom is 0.269 e. The molecule has 0 radical (unpaired) electrons. The van der Waals surface area contributed by atoms with Crippen molar-refractivity contribution in [1.29, 1.82) is 0 Å². The molecule has 0 aliphatic carbocycles. The lowest BCUT2D eigenvalue weighted by Crippen LogP contribution is -2.31. The molecule has 0 saturated carbocycles. The zero-order chi connectivity index (χ0) is 30.9. The minimum absolute atomic E-state index is 0.0473. The summed E-state index contributed by atoms with van der Waals surface area (Å²) >= 11 is 12.5. The van der Waals surface area contributed by atoms with Gasteiger partial charge in [-0.05, 0) is 54.4 Å². The summed E-state index contributed by atoms with van der Waals surface area (Å²) in [5, 5.41) is 11.6. The maximum absolute atomic E-state index is 13.8. The minimum Gasteiger partial charge on any atom is -0.348 e. The van der Waals surface area contributed by atoms with Gasteiger partial charge in [0.2, 0.25) is 20.0 Å². The molecule has 1 fully saturated rings. The second-order valence-electron chi connectivity index (χ2n) is 9.85. The third-order valence-corrected chi connectivity index (χ3v) is 10.7. The molecule has 1 unspecified atom stereocenters. The zero-order valence-corrected chi connectivity index (χ0v) is 25.7. The van der Waals surface area contributed by atoms with Crippen molar-refractivity contribution in [3.05, 3.63) is 133 Å². The van der Waals surface area contributed by atoms with Gasteiger partial charge in [0.15, 0.2) is 6.23 Å². The fourth-order valence-corrected chi connectivity index (χ4v) is 7.59. The SMILES string of the molecule is Cc1ccc(S(=O)(=O)NCc2ccc(C3CN(S(=O)(=O)c4ccc([N+](=O)[O-])cc4)[C@H](c4ccc(Cl)cc4Cl)O3)cc2)cc1. The maximum atomic E-state index is 13.8. The van der Waals surface area contributed by atoms with E-state index in [0.717, 1.165) is 22.0 Å². The lowest BCUT2D eigenvalue weighted by molar-refractivity contribution is -0.384. The number of rotatable bonds is 9. The molecule has 0 amide bonds. The Balaban J connectivity index is 1.39. The Hall–Kier alpha value is -3.36. The normalized spacial score (nSPS) is 17.7. The molecule has 1 aliphatic rings. The Bertz CT molecular complexity index is 1870. The molecule has 14 heteroatoms. The van der Waals surface area contributed by atoms with Gasteiger partial charge in [0.1, 0.15) is 0 Å². The molecule has 5 rings (SSSR count). The van der Waals surface area contributed by atoms with Crippen molar-refractivity contribution in [2.24, 2.45) is 0 Å². The third-order valence-electron chi connectivity index (χ3n) is 6.93. The minimum atomic E-state index is -4.19. The molecule has 2 atom stereocenters. The number of nitro benzene ring substituents is 1. The highest BCUT2D eigenvalue weighted by atomic mass is 35.5. The van der Waals surface area contributed by atoms with E-state index >= 15 is 0 Å². The molecule has 1 aliphatic heterocycles. The van der Waals surface area contributed by atoms with Gasteiger partial charge in [0.25, 0.3) is 5.69 Å². The molecule has 0 bridgehead atoms. The fraction of sp³-hybridized carbons (Fsp3) is 0.172. The first kappa shape index (κ1) is 31.1. The number of halogens is 2. The van der Waals surface area contributed by atoms with Gasteiger partial charge in [-0.3, -0.25) is 10.1 Å². The van der Waals surface area contributed by atoms with Gasteiger partial charge in [-0.25, -0.2) is 21.6 Å². The number of non-ortho nitro benzene ring substituents is 1. The summed E-state index contributed by atoms with van der Waals surface area (Å²) in [4.78, 5) is 10.5. The van der Waals surface area contributed by atoms with E-state index in [4.69, 9.17) is 27.9 Å². The number of hydrogen-bond acceptors (Lipinski definition) is 7. The van der Waals surface area contributed by atoms with Gasteiger partial charge in [-0.2, -0.15) is 4.31 Å². The van der Waals surface area contributed by atoms with Crippen molar-refractivity contribution in [3.63, 3.8) is 0 Å². The molecule has 1 heterocycles. The summed E-state index contributed by atoms with van der Waals surface area (Å²) in [6, 6.07) is 22.7. The van der Waals surface area contributed by atoms with E-state index in [-0.39, 0.29) is 33.6 Å². The fourth-order valence-electron chi connectivity index (χ4n) is 4.57. The molecule has 1 saturated heterocycles. The van der Waals surface area contributed by atoms with Gasteiger partial charge in [0.05, 0.1) is 20.8 Å². The van der Waals surface area contributed by atoms with Crippen LogP contribution in [0.4, 0.5) is 5.69 Å². The average Bonchev–Trinajstić information content (AvgIpc) is 3.43. The molecule has 0 spiro atoms. The highest BCUT2D eigenvalue weighted by molar-refractivity contribution is 7.89. The molecular weight excluding hydrogens is 637 g/mol. The molecule has 43 heavy (non-hydrogen) atoms. The largest absolute Gasteiger partial charge is 0.348 e. The van der Waals surface area contributed by atoms with Crippen molar-refractivity contribution >= 4 is 48.9 Å². The van der Waals surface area contributed by atoms with Gasteiger partial charge in [-0.15, -0.1) is 0 Å². The van der Waals surface area contributed by atoms with Crippen molar-refractivity contribution in [1.82, 2.24) is 9.03 Å². The van der Waals surface area contributed by atoms with Crippen molar-refractivity contribution in [2.75, 3.05) is 6.54 Å². The van der Waals surface area contributed by atoms with Crippen LogP contribution in [0, 0.1) is 17.0 Å². The van der Waals surface area contributed by atoms with Crippen LogP contribution in [-0.2, 0) is 31.3 Å². The van der Waals surface area contributed by atoms with Crippen LogP contribution in [0.15, 0.2) is 101 Å². The highest BCUT2D eigenvalue weighted by Crippen LogP contribution is 2.43. The van der Waals surface area contributed by atoms with Gasteiger partial charge >= 0.3 is 0 Å². The van der Waals surface area contributed by atoms with Crippen LogP contribution in [0.1, 0.15) is 34.6 Å². The Kier molecular flexibility index (Phi) is 8.91. The number of ether oxygens (including phenoxy) is 1. The van der Waals surface area contributed by atoms with Gasteiger partial charge < -0.3 is 4.74 Å². The molecule has 4 aromatic rings. The predicted molar refractivity (Wildman–Crippen MR) is 162 cm³/mol. The number of sulfonamides is 2. The van der Waals surface area contributed by atoms with E-state index in [1.54, 1.807) is 48.5 Å². The molecule has 0 aromatic heterocycles. The summed E-state index contributed by atoms with van der Waals surface area (Å²) < 4.78 is 62.9. The lowest BCUT2D eigenvalue weighted by Gasteiger charge is -2.23. The summed E-state index contributed by atoms with van der Waals surface area (Å²) in [5.41, 5.74) is 2.42. The van der Waals surface area contributed by atoms with Crippen LogP contribution < -0.4 is 4.72 Å². The van der Waals surface area contributed by atoms with E-state index in [1.807, 2.05) is 6.92 Å². The number of aryl methyl sites for hydroxylation is 1. The molecule has 10 nitrogen and oxygen atoms in total. The summed E-state index contributed by atoms with van der Waals surface area (Å²) in [6.45, 7) is 1.84. The van der Waals surface area contributed by atoms with E-state index in [9.17, 15) is 26.9 Å². The summed E-state index contributed by atoms with van der Waals surface area (Å²) in [5.74, 6) is 0. The van der Waals surface area contributed by atoms with Crippen LogP contribution in [-0.4, -0.2) is 32.6 Å². The zero-order valence-electron chi connectivity index (χ0n) is 22.6. The average molecular weight is 663 g/mol. The number of nitrogens with one attached hydrogen (secondary N) is 1. The first-order chi connectivity index (χ1) is 20.3. The third kappa shape index (κ3) is 6.75. The van der Waals surface area contributed by atoms with E-state index in [2.05, 4.69) is 4.72 Å². The molecule has 224 valence electrons. The predicted octanol–water partition coefficient (Wildman–Crippen LogP) is 6.15. The van der Waals surface area contributed by atoms with Gasteiger partial charge in [-0.1, -0.05) is 71.2 Å². The number of benzene rings is 4. The Labute approximate surface area is 259 Å². The van der Waals surface area contributed by atoms with E-state index in [0.29, 0.717) is 21.7 Å². The molecular formula is C29H25Cl2N3O7S2. The van der Waals surface area contributed by atoms with E-state index < -0.39 is 37.3 Å². The lowest BCUT2D eigenvalue weighted by atomic mass is 10.1. The Morgan fingerprint density at radius 1 is 0.907 bits per heavy atom. The van der Waals surface area contributed by atoms with Crippen LogP contribution in [0.5, 0.6) is 0 Å². The van der Waals surface area contributed by atoms with Crippen LogP contribution in [0.3, 0.4) is 0 Å². The van der Waals surface area contributed by atoms with Gasteiger partial charge in [0, 0.05) is 40.8 Å². The summed E-state index contributed by atoms with van der Waals surface area (Å²) in [6.07, 6.45) is -1.82. The van der Waals surface area contributed by atoms with Crippen LogP contribution in [0.2, 0.25) is 10.0 Å². The highest BCUT2D eigenvalue weighted by Gasteiger charge is 2.43. The van der Waals surface area contributed by atoms with E-state index in [1.165, 1.54) is 30.3 Å². The quantitative estimate of drug-likeness (QED) is 0.168. The Morgan fingerprint density at radius 2 is 1.53 bits per heavy atom. The first-order valence-corrected chi connectivity index (χ1v) is 16.5. The second-order valence-corrected chi connectivity index (χ2v) is 14.3. The Morgan fingerprint density at radius 3 is 2.14 bits per heavy atom. The van der Waals surface area contributed by atoms with Crippen LogP contribution >= 0.6 is 23.2 Å². The number of nitrogens with zero attached hydrogens (tertiary/aromatic N) is 2. The summed E-state index contributed by atoms with van der Waals surface area (Å²) in [7, 11) is -7.90. The number of hydrogen-bond donors (Lipinski definition) is 1. The molecule has 4 aromatic carbocycles. The van der Waals surface area contributed by atoms with Crippen molar-refractivity contribution in [2.45, 2.75) is 35.6 Å². The first-order valence-electron chi connectivity index (χ1n) is 12.9. The number of nitro groups is 1. The standard InChI is InChI=1S/C29H25Cl2N3O7S2/c1-19-2-11-24(12-3-19)42(37,38)32-17-20-4-6-21(7-5-20)28-18-33(29(41-28)26-15-8-22(30)16-27(26)31)43(39,40)25-13-9-23(10-14-25)34(35)36/h2-16,28-29,32H,17-18H2,1H3/t28?,29-/m0/s1.